The van der Waals surface area contributed by atoms with Crippen molar-refractivity contribution < 1.29 is 19.4 Å². The van der Waals surface area contributed by atoms with Crippen LogP contribution >= 0.6 is 0 Å². The van der Waals surface area contributed by atoms with Gasteiger partial charge < -0.3 is 20.5 Å². The first-order valence-corrected chi connectivity index (χ1v) is 7.91. The molecule has 0 spiro atoms. The van der Waals surface area contributed by atoms with E-state index in [0.717, 1.165) is 32.1 Å². The molecule has 6 heteroatoms. The third-order valence-electron chi connectivity index (χ3n) is 3.90. The van der Waals surface area contributed by atoms with Crippen LogP contribution in [-0.4, -0.2) is 54.2 Å². The van der Waals surface area contributed by atoms with Crippen molar-refractivity contribution in [2.75, 3.05) is 26.3 Å². The fourth-order valence-electron chi connectivity index (χ4n) is 2.72. The molecule has 1 aliphatic heterocycles. The summed E-state index contributed by atoms with van der Waals surface area (Å²) in [5, 5.41) is 9.23. The number of rotatable bonds is 10. The van der Waals surface area contributed by atoms with Crippen molar-refractivity contribution in [3.05, 3.63) is 0 Å². The Bertz CT molecular complexity index is 336. The Labute approximate surface area is 126 Å². The van der Waals surface area contributed by atoms with E-state index in [2.05, 4.69) is 0 Å². The van der Waals surface area contributed by atoms with Crippen LogP contribution in [0.1, 0.15) is 45.4 Å². The first-order valence-electron chi connectivity index (χ1n) is 7.91. The Hall–Kier alpha value is -1.14. The lowest BCUT2D eigenvalue weighted by Gasteiger charge is -2.30. The highest BCUT2D eigenvalue weighted by Crippen LogP contribution is 2.22. The van der Waals surface area contributed by atoms with Crippen molar-refractivity contribution in [1.82, 2.24) is 4.90 Å². The number of carboxylic acid groups (broad SMARTS) is 1. The summed E-state index contributed by atoms with van der Waals surface area (Å²) in [5.74, 6) is -1.43. The highest BCUT2D eigenvalue weighted by atomic mass is 16.5. The maximum atomic E-state index is 12.4. The third kappa shape index (κ3) is 5.63. The summed E-state index contributed by atoms with van der Waals surface area (Å²) in [7, 11) is 0. The average Bonchev–Trinajstić information content (AvgIpc) is 2.93. The van der Waals surface area contributed by atoms with Crippen LogP contribution < -0.4 is 5.73 Å². The Kier molecular flexibility index (Phi) is 8.30. The van der Waals surface area contributed by atoms with E-state index in [9.17, 15) is 14.7 Å². The van der Waals surface area contributed by atoms with E-state index in [-0.39, 0.29) is 18.6 Å². The molecule has 1 amide bonds. The summed E-state index contributed by atoms with van der Waals surface area (Å²) in [6, 6.07) is -0.320. The predicted octanol–water partition coefficient (Wildman–Crippen LogP) is 1.23. The molecule has 1 aliphatic rings. The Morgan fingerprint density at radius 3 is 2.57 bits per heavy atom. The van der Waals surface area contributed by atoms with E-state index in [4.69, 9.17) is 10.5 Å². The lowest BCUT2D eigenvalue weighted by molar-refractivity contribution is -0.145. The molecule has 21 heavy (non-hydrogen) atoms. The normalized spacial score (nSPS) is 21.4. The number of hydrogen-bond acceptors (Lipinski definition) is 4. The molecule has 0 aliphatic carbocycles. The van der Waals surface area contributed by atoms with E-state index in [1.54, 1.807) is 4.90 Å². The number of carbonyl (C=O) groups is 2. The molecule has 0 aromatic rings. The zero-order valence-electron chi connectivity index (χ0n) is 12.9. The van der Waals surface area contributed by atoms with Gasteiger partial charge >= 0.3 is 5.97 Å². The lowest BCUT2D eigenvalue weighted by atomic mass is 10.0. The highest BCUT2D eigenvalue weighted by molar-refractivity contribution is 5.78. The molecule has 122 valence electrons. The van der Waals surface area contributed by atoms with Crippen LogP contribution in [0.2, 0.25) is 0 Å². The van der Waals surface area contributed by atoms with Gasteiger partial charge in [-0.2, -0.15) is 0 Å². The Balaban J connectivity index is 2.51. The monoisotopic (exact) mass is 300 g/mol. The smallest absolute Gasteiger partial charge is 0.311 e. The van der Waals surface area contributed by atoms with Gasteiger partial charge in [0.25, 0.3) is 0 Å². The first-order chi connectivity index (χ1) is 10.1. The van der Waals surface area contributed by atoms with Crippen molar-refractivity contribution in [2.24, 2.45) is 11.7 Å². The topological polar surface area (TPSA) is 92.9 Å². The van der Waals surface area contributed by atoms with E-state index >= 15 is 0 Å². The zero-order chi connectivity index (χ0) is 15.7. The highest BCUT2D eigenvalue weighted by Gasteiger charge is 2.39. The summed E-state index contributed by atoms with van der Waals surface area (Å²) in [4.78, 5) is 25.3. The van der Waals surface area contributed by atoms with Crippen LogP contribution in [0.5, 0.6) is 0 Å². The van der Waals surface area contributed by atoms with Gasteiger partial charge in [0.05, 0.1) is 19.3 Å². The summed E-state index contributed by atoms with van der Waals surface area (Å²) in [6.45, 7) is 3.81. The SMILES string of the molecule is CCCN(C(=O)CCCCCCN)C1COCC1C(=O)O. The number of nitrogens with zero attached hydrogens (tertiary/aromatic N) is 1. The molecule has 0 radical (unpaired) electrons. The standard InChI is InChI=1S/C15H28N2O4/c1-2-9-17(13-11-21-10-12(13)15(19)20)14(18)7-5-3-4-6-8-16/h12-13H,2-11,16H2,1H3,(H,19,20). The number of carbonyl (C=O) groups excluding carboxylic acids is 1. The second-order valence-electron chi connectivity index (χ2n) is 5.59. The molecule has 0 bridgehead atoms. The number of amides is 1. The molecule has 2 unspecified atom stereocenters. The number of unbranched alkanes of at least 4 members (excludes halogenated alkanes) is 3. The van der Waals surface area contributed by atoms with Crippen LogP contribution in [0.25, 0.3) is 0 Å². The van der Waals surface area contributed by atoms with E-state index in [1.165, 1.54) is 0 Å². The van der Waals surface area contributed by atoms with Crippen LogP contribution in [-0.2, 0) is 14.3 Å². The van der Waals surface area contributed by atoms with Crippen molar-refractivity contribution in [1.29, 1.82) is 0 Å². The molecule has 1 fully saturated rings. The minimum Gasteiger partial charge on any atom is -0.481 e. The van der Waals surface area contributed by atoms with Gasteiger partial charge in [0.1, 0.15) is 5.92 Å². The fourth-order valence-corrected chi connectivity index (χ4v) is 2.72. The maximum absolute atomic E-state index is 12.4. The van der Waals surface area contributed by atoms with Gasteiger partial charge in [0, 0.05) is 13.0 Å². The van der Waals surface area contributed by atoms with Gasteiger partial charge in [-0.3, -0.25) is 9.59 Å². The van der Waals surface area contributed by atoms with Crippen molar-refractivity contribution in [3.8, 4) is 0 Å². The predicted molar refractivity (Wildman–Crippen MR) is 79.9 cm³/mol. The van der Waals surface area contributed by atoms with E-state index in [0.29, 0.717) is 26.1 Å². The second kappa shape index (κ2) is 9.73. The number of ether oxygens (including phenoxy) is 1. The van der Waals surface area contributed by atoms with Crippen LogP contribution in [0.15, 0.2) is 0 Å². The fraction of sp³-hybridized carbons (Fsp3) is 0.867. The van der Waals surface area contributed by atoms with Crippen LogP contribution in [0.3, 0.4) is 0 Å². The van der Waals surface area contributed by atoms with Crippen molar-refractivity contribution in [2.45, 2.75) is 51.5 Å². The minimum atomic E-state index is -0.880. The van der Waals surface area contributed by atoms with Gasteiger partial charge in [-0.15, -0.1) is 0 Å². The molecule has 6 nitrogen and oxygen atoms in total. The molecule has 0 saturated carbocycles. The Morgan fingerprint density at radius 1 is 1.24 bits per heavy atom. The third-order valence-corrected chi connectivity index (χ3v) is 3.90. The molecule has 1 saturated heterocycles. The summed E-state index contributed by atoms with van der Waals surface area (Å²) >= 11 is 0. The average molecular weight is 300 g/mol. The van der Waals surface area contributed by atoms with Crippen LogP contribution in [0, 0.1) is 5.92 Å². The summed E-state index contributed by atoms with van der Waals surface area (Å²) in [6.07, 6.45) is 5.16. The molecule has 0 aromatic heterocycles. The van der Waals surface area contributed by atoms with E-state index in [1.807, 2.05) is 6.92 Å². The molecule has 1 heterocycles. The first kappa shape index (κ1) is 17.9. The number of nitrogens with two attached hydrogens (primary N) is 1. The summed E-state index contributed by atoms with van der Waals surface area (Å²) < 4.78 is 5.28. The summed E-state index contributed by atoms with van der Waals surface area (Å²) in [5.41, 5.74) is 5.44. The van der Waals surface area contributed by atoms with Crippen molar-refractivity contribution in [3.63, 3.8) is 0 Å². The molecule has 3 N–H and O–H groups in total. The Morgan fingerprint density at radius 2 is 1.95 bits per heavy atom. The van der Waals surface area contributed by atoms with Gasteiger partial charge in [0.15, 0.2) is 0 Å². The van der Waals surface area contributed by atoms with Gasteiger partial charge in [-0.25, -0.2) is 0 Å². The second-order valence-corrected chi connectivity index (χ2v) is 5.59. The molecular formula is C15H28N2O4. The molecular weight excluding hydrogens is 272 g/mol. The number of carboxylic acids is 1. The van der Waals surface area contributed by atoms with E-state index < -0.39 is 11.9 Å². The maximum Gasteiger partial charge on any atom is 0.311 e. The lowest BCUT2D eigenvalue weighted by Crippen LogP contribution is -2.46. The van der Waals surface area contributed by atoms with Crippen molar-refractivity contribution >= 4 is 11.9 Å². The largest absolute Gasteiger partial charge is 0.481 e. The molecule has 0 aromatic carbocycles. The quantitative estimate of drug-likeness (QED) is 0.592. The molecule has 1 rings (SSSR count). The minimum absolute atomic E-state index is 0.0475. The van der Waals surface area contributed by atoms with Gasteiger partial charge in [-0.05, 0) is 25.8 Å². The number of hydrogen-bond donors (Lipinski definition) is 2. The molecule has 2 atom stereocenters. The van der Waals surface area contributed by atoms with Gasteiger partial charge in [0.2, 0.25) is 5.91 Å². The number of aliphatic carboxylic acids is 1. The van der Waals surface area contributed by atoms with Gasteiger partial charge in [-0.1, -0.05) is 19.8 Å². The van der Waals surface area contributed by atoms with Crippen LogP contribution in [0.4, 0.5) is 0 Å². The zero-order valence-corrected chi connectivity index (χ0v) is 12.9.